The number of carbonyl (C=O) groups excluding carboxylic acids is 1. The van der Waals surface area contributed by atoms with Crippen LogP contribution in [0.15, 0.2) is 24.3 Å². The molecule has 0 aliphatic heterocycles. The lowest BCUT2D eigenvalue weighted by Gasteiger charge is -2.29. The van der Waals surface area contributed by atoms with Gasteiger partial charge in [-0.3, -0.25) is 4.79 Å². The summed E-state index contributed by atoms with van der Waals surface area (Å²) < 4.78 is 29.0. The second-order valence-electron chi connectivity index (χ2n) is 5.22. The Morgan fingerprint density at radius 3 is 2.70 bits per heavy atom. The molecule has 2 rings (SSSR count). The molecular weight excluding hydrogens is 266 g/mol. The maximum absolute atomic E-state index is 12.3. The van der Waals surface area contributed by atoms with Gasteiger partial charge in [-0.2, -0.15) is 8.78 Å². The fraction of sp³-hybridized carbons (Fsp3) is 0.500. The van der Waals surface area contributed by atoms with E-state index in [1.165, 1.54) is 18.2 Å². The molecule has 0 radical (unpaired) electrons. The van der Waals surface area contributed by atoms with Crippen LogP contribution in [0.5, 0.6) is 5.75 Å². The number of para-hydroxylation sites is 1. The number of carbonyl (C=O) groups is 1. The second kappa shape index (κ2) is 5.75. The van der Waals surface area contributed by atoms with Gasteiger partial charge in [-0.05, 0) is 37.8 Å². The van der Waals surface area contributed by atoms with Crippen LogP contribution in [0.2, 0.25) is 0 Å². The Balaban J connectivity index is 2.16. The summed E-state index contributed by atoms with van der Waals surface area (Å²) in [5, 5.41) is 2.85. The number of nitrogens with one attached hydrogen (secondary N) is 1. The molecule has 0 spiro atoms. The van der Waals surface area contributed by atoms with Gasteiger partial charge in [-0.15, -0.1) is 0 Å². The van der Waals surface area contributed by atoms with Crippen molar-refractivity contribution >= 4 is 5.91 Å². The van der Waals surface area contributed by atoms with Crippen LogP contribution in [-0.2, 0) is 0 Å². The van der Waals surface area contributed by atoms with E-state index in [2.05, 4.69) is 10.1 Å². The Kier molecular flexibility index (Phi) is 4.23. The normalized spacial score (nSPS) is 17.6. The molecule has 1 unspecified atom stereocenters. The molecule has 1 aliphatic rings. The van der Waals surface area contributed by atoms with Crippen LogP contribution in [-0.4, -0.2) is 24.6 Å². The van der Waals surface area contributed by atoms with Crippen LogP contribution < -0.4 is 15.8 Å². The Labute approximate surface area is 116 Å². The molecule has 1 atom stereocenters. The first-order chi connectivity index (χ1) is 9.46. The number of hydrogen-bond donors (Lipinski definition) is 2. The molecule has 110 valence electrons. The molecule has 3 N–H and O–H groups in total. The molecule has 1 fully saturated rings. The van der Waals surface area contributed by atoms with Crippen molar-refractivity contribution in [2.75, 3.05) is 6.54 Å². The smallest absolute Gasteiger partial charge is 0.387 e. The molecule has 0 aromatic heterocycles. The quantitative estimate of drug-likeness (QED) is 0.841. The highest BCUT2D eigenvalue weighted by molar-refractivity contribution is 5.97. The minimum absolute atomic E-state index is 0.0909. The Hall–Kier alpha value is -1.69. The van der Waals surface area contributed by atoms with Gasteiger partial charge in [0.15, 0.2) is 0 Å². The van der Waals surface area contributed by atoms with Gasteiger partial charge in [0, 0.05) is 6.54 Å². The minimum atomic E-state index is -2.96. The number of halogens is 2. The molecule has 1 amide bonds. The fourth-order valence-corrected chi connectivity index (χ4v) is 2.22. The van der Waals surface area contributed by atoms with E-state index in [1.54, 1.807) is 6.07 Å². The van der Waals surface area contributed by atoms with Crippen LogP contribution in [0.25, 0.3) is 0 Å². The third-order valence-corrected chi connectivity index (χ3v) is 3.65. The fourth-order valence-electron chi connectivity index (χ4n) is 2.22. The third-order valence-electron chi connectivity index (χ3n) is 3.65. The van der Waals surface area contributed by atoms with E-state index < -0.39 is 18.1 Å². The zero-order valence-electron chi connectivity index (χ0n) is 11.2. The van der Waals surface area contributed by atoms with Crippen LogP contribution in [0.4, 0.5) is 8.78 Å². The van der Waals surface area contributed by atoms with Crippen molar-refractivity contribution in [3.63, 3.8) is 0 Å². The second-order valence-corrected chi connectivity index (χ2v) is 5.22. The predicted octanol–water partition coefficient (Wildman–Crippen LogP) is 2.15. The molecule has 20 heavy (non-hydrogen) atoms. The molecule has 4 nitrogen and oxygen atoms in total. The van der Waals surface area contributed by atoms with E-state index in [1.807, 2.05) is 6.92 Å². The van der Waals surface area contributed by atoms with Gasteiger partial charge in [-0.25, -0.2) is 0 Å². The summed E-state index contributed by atoms with van der Waals surface area (Å²) in [7, 11) is 0. The Bertz CT molecular complexity index is 492. The first-order valence-corrected chi connectivity index (χ1v) is 6.52. The van der Waals surface area contributed by atoms with E-state index in [9.17, 15) is 13.6 Å². The van der Waals surface area contributed by atoms with Gasteiger partial charge >= 0.3 is 6.61 Å². The number of benzene rings is 1. The summed E-state index contributed by atoms with van der Waals surface area (Å²) in [5.41, 5.74) is 5.31. The summed E-state index contributed by atoms with van der Waals surface area (Å²) in [5.74, 6) is -0.226. The molecule has 0 bridgehead atoms. The predicted molar refractivity (Wildman–Crippen MR) is 70.7 cm³/mol. The topological polar surface area (TPSA) is 64.3 Å². The largest absolute Gasteiger partial charge is 0.434 e. The van der Waals surface area contributed by atoms with Crippen molar-refractivity contribution < 1.29 is 18.3 Å². The first-order valence-electron chi connectivity index (χ1n) is 6.52. The van der Waals surface area contributed by atoms with E-state index in [0.717, 1.165) is 12.8 Å². The summed E-state index contributed by atoms with van der Waals surface area (Å²) in [4.78, 5) is 12.3. The highest BCUT2D eigenvalue weighted by Crippen LogP contribution is 2.39. The first kappa shape index (κ1) is 14.7. The maximum Gasteiger partial charge on any atom is 0.387 e. The van der Waals surface area contributed by atoms with Crippen molar-refractivity contribution in [1.29, 1.82) is 0 Å². The standard InChI is InChI=1S/C14H18F2N2O2/c1-14(8-17,9-6-7-9)18-12(19)10-4-2-3-5-11(10)20-13(15)16/h2-5,9,13H,6-8,17H2,1H3,(H,18,19). The molecule has 1 aromatic rings. The van der Waals surface area contributed by atoms with Gasteiger partial charge in [0.1, 0.15) is 5.75 Å². The van der Waals surface area contributed by atoms with Gasteiger partial charge in [-0.1, -0.05) is 12.1 Å². The SMILES string of the molecule is CC(CN)(NC(=O)c1ccccc1OC(F)F)C1CC1. The minimum Gasteiger partial charge on any atom is -0.434 e. The lowest BCUT2D eigenvalue weighted by atomic mass is 9.95. The number of hydrogen-bond acceptors (Lipinski definition) is 3. The highest BCUT2D eigenvalue weighted by Gasteiger charge is 2.41. The summed E-state index contributed by atoms with van der Waals surface area (Å²) >= 11 is 0. The molecule has 0 heterocycles. The molecule has 1 aliphatic carbocycles. The van der Waals surface area contributed by atoms with Gasteiger partial charge in [0.25, 0.3) is 5.91 Å². The molecule has 1 aromatic carbocycles. The zero-order valence-corrected chi connectivity index (χ0v) is 11.2. The average Bonchev–Trinajstić information content (AvgIpc) is 3.23. The Morgan fingerprint density at radius 1 is 1.50 bits per heavy atom. The van der Waals surface area contributed by atoms with E-state index in [0.29, 0.717) is 12.5 Å². The summed E-state index contributed by atoms with van der Waals surface area (Å²) in [6.45, 7) is -0.784. The number of rotatable bonds is 6. The third kappa shape index (κ3) is 3.25. The van der Waals surface area contributed by atoms with Gasteiger partial charge in [0.2, 0.25) is 0 Å². The number of alkyl halides is 2. The number of ether oxygens (including phenoxy) is 1. The number of nitrogens with two attached hydrogens (primary N) is 1. The number of amides is 1. The molecular formula is C14H18F2N2O2. The van der Waals surface area contributed by atoms with Crippen molar-refractivity contribution in [1.82, 2.24) is 5.32 Å². The molecule has 0 saturated heterocycles. The van der Waals surface area contributed by atoms with E-state index >= 15 is 0 Å². The van der Waals surface area contributed by atoms with E-state index in [4.69, 9.17) is 5.73 Å². The van der Waals surface area contributed by atoms with E-state index in [-0.39, 0.29) is 11.3 Å². The van der Waals surface area contributed by atoms with Gasteiger partial charge in [0.05, 0.1) is 11.1 Å². The lowest BCUT2D eigenvalue weighted by molar-refractivity contribution is -0.0501. The average molecular weight is 284 g/mol. The monoisotopic (exact) mass is 284 g/mol. The summed E-state index contributed by atoms with van der Waals surface area (Å²) in [6.07, 6.45) is 2.03. The van der Waals surface area contributed by atoms with Crippen molar-refractivity contribution in [2.45, 2.75) is 31.9 Å². The summed E-state index contributed by atoms with van der Waals surface area (Å²) in [6, 6.07) is 5.94. The van der Waals surface area contributed by atoms with Crippen LogP contribution in [0, 0.1) is 5.92 Å². The molecule has 1 saturated carbocycles. The zero-order chi connectivity index (χ0) is 14.8. The van der Waals surface area contributed by atoms with Crippen LogP contribution >= 0.6 is 0 Å². The van der Waals surface area contributed by atoms with Crippen LogP contribution in [0.3, 0.4) is 0 Å². The van der Waals surface area contributed by atoms with Crippen molar-refractivity contribution in [2.24, 2.45) is 11.7 Å². The van der Waals surface area contributed by atoms with Gasteiger partial charge < -0.3 is 15.8 Å². The van der Waals surface area contributed by atoms with Crippen molar-refractivity contribution in [3.8, 4) is 5.75 Å². The Morgan fingerprint density at radius 2 is 2.15 bits per heavy atom. The maximum atomic E-state index is 12.3. The van der Waals surface area contributed by atoms with Crippen LogP contribution in [0.1, 0.15) is 30.1 Å². The van der Waals surface area contributed by atoms with Crippen molar-refractivity contribution in [3.05, 3.63) is 29.8 Å². The molecule has 6 heteroatoms. The lowest BCUT2D eigenvalue weighted by Crippen LogP contribution is -2.53. The highest BCUT2D eigenvalue weighted by atomic mass is 19.3.